The van der Waals surface area contributed by atoms with E-state index in [1.807, 2.05) is 18.2 Å². The van der Waals surface area contributed by atoms with Crippen molar-refractivity contribution in [3.63, 3.8) is 0 Å². The maximum Gasteiger partial charge on any atom is 0.267 e. The Kier molecular flexibility index (Phi) is 5.04. The van der Waals surface area contributed by atoms with Crippen molar-refractivity contribution in [1.82, 2.24) is 15.0 Å². The summed E-state index contributed by atoms with van der Waals surface area (Å²) in [5, 5.41) is 13.1. The summed E-state index contributed by atoms with van der Waals surface area (Å²) in [7, 11) is 3.17. The molecule has 0 aliphatic heterocycles. The van der Waals surface area contributed by atoms with Gasteiger partial charge >= 0.3 is 0 Å². The molecular formula is C21H21N5O3. The number of ether oxygens (including phenoxy) is 2. The zero-order chi connectivity index (χ0) is 20.4. The Morgan fingerprint density at radius 2 is 1.79 bits per heavy atom. The summed E-state index contributed by atoms with van der Waals surface area (Å²) >= 11 is 0. The number of aromatic amines is 1. The number of fused-ring (bicyclic) bond motifs is 1. The van der Waals surface area contributed by atoms with E-state index < -0.39 is 5.56 Å². The van der Waals surface area contributed by atoms with Crippen molar-refractivity contribution >= 4 is 22.7 Å². The van der Waals surface area contributed by atoms with Crippen molar-refractivity contribution in [2.24, 2.45) is 0 Å². The average Bonchev–Trinajstić information content (AvgIpc) is 3.27. The van der Waals surface area contributed by atoms with E-state index in [0.29, 0.717) is 28.8 Å². The first-order valence-electron chi connectivity index (χ1n) is 9.46. The number of nitriles is 1. The van der Waals surface area contributed by atoms with E-state index in [9.17, 15) is 10.1 Å². The Labute approximate surface area is 167 Å². The fraction of sp³-hybridized carbons (Fsp3) is 0.333. The number of rotatable bonds is 5. The number of anilines is 2. The molecule has 2 N–H and O–H groups in total. The topological polar surface area (TPSA) is 113 Å². The first kappa shape index (κ1) is 18.7. The van der Waals surface area contributed by atoms with Gasteiger partial charge in [0.1, 0.15) is 28.8 Å². The van der Waals surface area contributed by atoms with Crippen LogP contribution in [0.4, 0.5) is 11.6 Å². The maximum atomic E-state index is 12.1. The number of methoxy groups -OCH3 is 2. The zero-order valence-corrected chi connectivity index (χ0v) is 16.3. The summed E-state index contributed by atoms with van der Waals surface area (Å²) in [6.45, 7) is 0. The average molecular weight is 391 g/mol. The normalized spacial score (nSPS) is 14.0. The smallest absolute Gasteiger partial charge is 0.267 e. The van der Waals surface area contributed by atoms with Crippen molar-refractivity contribution in [1.29, 1.82) is 5.26 Å². The molecule has 0 radical (unpaired) electrons. The number of hydrogen-bond donors (Lipinski definition) is 2. The molecule has 1 aromatic carbocycles. The summed E-state index contributed by atoms with van der Waals surface area (Å²) in [5.41, 5.74) is 1.60. The number of pyridine rings is 1. The van der Waals surface area contributed by atoms with Gasteiger partial charge in [-0.05, 0) is 18.9 Å². The number of hydrogen-bond acceptors (Lipinski definition) is 7. The summed E-state index contributed by atoms with van der Waals surface area (Å²) in [6.07, 6.45) is 4.33. The molecule has 1 aliphatic carbocycles. The number of aromatic nitrogens is 3. The third-order valence-corrected chi connectivity index (χ3v) is 5.21. The molecule has 3 aromatic rings. The second kappa shape index (κ2) is 7.80. The van der Waals surface area contributed by atoms with Gasteiger partial charge in [0.05, 0.1) is 19.9 Å². The lowest BCUT2D eigenvalue weighted by Crippen LogP contribution is -2.13. The summed E-state index contributed by atoms with van der Waals surface area (Å²) < 4.78 is 10.6. The van der Waals surface area contributed by atoms with Crippen LogP contribution in [0.25, 0.3) is 11.0 Å². The summed E-state index contributed by atoms with van der Waals surface area (Å²) in [4.78, 5) is 24.1. The molecular weight excluding hydrogens is 370 g/mol. The molecule has 0 atom stereocenters. The van der Waals surface area contributed by atoms with E-state index in [1.165, 1.54) is 0 Å². The Balaban J connectivity index is 1.83. The van der Waals surface area contributed by atoms with Gasteiger partial charge in [-0.15, -0.1) is 0 Å². The minimum atomic E-state index is -0.454. The van der Waals surface area contributed by atoms with Crippen LogP contribution in [0.3, 0.4) is 0 Å². The van der Waals surface area contributed by atoms with E-state index in [2.05, 4.69) is 15.3 Å². The van der Waals surface area contributed by atoms with Crippen LogP contribution in [0.5, 0.6) is 11.5 Å². The predicted molar refractivity (Wildman–Crippen MR) is 109 cm³/mol. The van der Waals surface area contributed by atoms with Gasteiger partial charge in [0, 0.05) is 35.2 Å². The van der Waals surface area contributed by atoms with Crippen LogP contribution in [-0.4, -0.2) is 29.2 Å². The molecule has 2 heterocycles. The lowest BCUT2D eigenvalue weighted by Gasteiger charge is -2.15. The second-order valence-electron chi connectivity index (χ2n) is 7.03. The van der Waals surface area contributed by atoms with E-state index in [0.717, 1.165) is 36.8 Å². The molecule has 4 rings (SSSR count). The minimum absolute atomic E-state index is 0.0681. The molecule has 0 amide bonds. The molecule has 148 valence electrons. The van der Waals surface area contributed by atoms with Crippen molar-refractivity contribution in [2.75, 3.05) is 19.5 Å². The van der Waals surface area contributed by atoms with E-state index in [4.69, 9.17) is 14.5 Å². The molecule has 29 heavy (non-hydrogen) atoms. The van der Waals surface area contributed by atoms with Crippen LogP contribution in [-0.2, 0) is 0 Å². The summed E-state index contributed by atoms with van der Waals surface area (Å²) in [6, 6.07) is 8.94. The molecule has 0 saturated heterocycles. The maximum absolute atomic E-state index is 12.1. The van der Waals surface area contributed by atoms with Crippen LogP contribution in [0.2, 0.25) is 0 Å². The van der Waals surface area contributed by atoms with Crippen LogP contribution in [0.1, 0.15) is 42.9 Å². The Hall–Kier alpha value is -3.60. The third-order valence-electron chi connectivity index (χ3n) is 5.21. The molecule has 2 aromatic heterocycles. The van der Waals surface area contributed by atoms with Gasteiger partial charge < -0.3 is 19.8 Å². The molecule has 1 fully saturated rings. The Morgan fingerprint density at radius 1 is 1.10 bits per heavy atom. The highest BCUT2D eigenvalue weighted by atomic mass is 16.5. The van der Waals surface area contributed by atoms with E-state index in [1.54, 1.807) is 26.4 Å². The van der Waals surface area contributed by atoms with Crippen molar-refractivity contribution in [3.8, 4) is 17.6 Å². The molecule has 8 heteroatoms. The zero-order valence-electron chi connectivity index (χ0n) is 16.3. The molecule has 0 spiro atoms. The molecule has 8 nitrogen and oxygen atoms in total. The van der Waals surface area contributed by atoms with E-state index in [-0.39, 0.29) is 11.5 Å². The lowest BCUT2D eigenvalue weighted by molar-refractivity contribution is 0.395. The highest BCUT2D eigenvalue weighted by molar-refractivity contribution is 5.81. The van der Waals surface area contributed by atoms with Gasteiger partial charge in [-0.1, -0.05) is 12.8 Å². The van der Waals surface area contributed by atoms with Crippen molar-refractivity contribution in [2.45, 2.75) is 31.6 Å². The van der Waals surface area contributed by atoms with Crippen LogP contribution >= 0.6 is 0 Å². The Morgan fingerprint density at radius 3 is 2.41 bits per heavy atom. The van der Waals surface area contributed by atoms with Gasteiger partial charge in [0.25, 0.3) is 5.56 Å². The molecule has 0 unspecified atom stereocenters. The largest absolute Gasteiger partial charge is 0.497 e. The number of H-pyrrole nitrogens is 1. The highest BCUT2D eigenvalue weighted by Crippen LogP contribution is 2.37. The van der Waals surface area contributed by atoms with Crippen molar-refractivity contribution in [3.05, 3.63) is 45.9 Å². The quantitative estimate of drug-likeness (QED) is 0.683. The first-order valence-corrected chi connectivity index (χ1v) is 9.46. The standard InChI is InChI=1S/C21H21N5O3/c1-28-15-8-14(9-16(10-15)29-2)23-21-24-18(12-5-3-4-6-12)17-7-13(11-22)20(27)25-19(17)26-21/h7-10,12H,3-6H2,1-2H3,(H2,23,24,25,26,27). The lowest BCUT2D eigenvalue weighted by atomic mass is 10.00. The predicted octanol–water partition coefficient (Wildman–Crippen LogP) is 3.61. The van der Waals surface area contributed by atoms with Gasteiger partial charge in [-0.25, -0.2) is 4.98 Å². The molecule has 1 saturated carbocycles. The van der Waals surface area contributed by atoms with Crippen molar-refractivity contribution < 1.29 is 9.47 Å². The SMILES string of the molecule is COc1cc(Nc2nc(C3CCCC3)c3cc(C#N)c(=O)[nH]c3n2)cc(OC)c1. The van der Waals surface area contributed by atoms with Crippen LogP contribution in [0, 0.1) is 11.3 Å². The number of benzene rings is 1. The van der Waals surface area contributed by atoms with Gasteiger partial charge in [0.2, 0.25) is 5.95 Å². The minimum Gasteiger partial charge on any atom is -0.497 e. The van der Waals surface area contributed by atoms with Gasteiger partial charge in [-0.3, -0.25) is 4.79 Å². The fourth-order valence-electron chi connectivity index (χ4n) is 3.77. The van der Waals surface area contributed by atoms with Gasteiger partial charge in [-0.2, -0.15) is 10.2 Å². The highest BCUT2D eigenvalue weighted by Gasteiger charge is 2.23. The van der Waals surface area contributed by atoms with E-state index >= 15 is 0 Å². The van der Waals surface area contributed by atoms with Gasteiger partial charge in [0.15, 0.2) is 0 Å². The van der Waals surface area contributed by atoms with Crippen LogP contribution in [0.15, 0.2) is 29.1 Å². The number of nitrogens with one attached hydrogen (secondary N) is 2. The molecule has 1 aliphatic rings. The second-order valence-corrected chi connectivity index (χ2v) is 7.03. The molecule has 0 bridgehead atoms. The first-order chi connectivity index (χ1) is 14.1. The third kappa shape index (κ3) is 3.72. The number of nitrogens with zero attached hydrogens (tertiary/aromatic N) is 3. The van der Waals surface area contributed by atoms with Crippen LogP contribution < -0.4 is 20.3 Å². The monoisotopic (exact) mass is 391 g/mol. The Bertz CT molecular complexity index is 1140. The fourth-order valence-corrected chi connectivity index (χ4v) is 3.77. The summed E-state index contributed by atoms with van der Waals surface area (Å²) in [5.74, 6) is 1.92.